The Kier molecular flexibility index (Phi) is 4.65. The van der Waals surface area contributed by atoms with E-state index in [0.29, 0.717) is 17.1 Å². The van der Waals surface area contributed by atoms with Gasteiger partial charge in [-0.15, -0.1) is 4.68 Å². The average Bonchev–Trinajstić information content (AvgIpc) is 3.09. The number of aliphatic carboxylic acids is 1. The molecule has 1 heterocycles. The molecule has 0 saturated heterocycles. The first-order valence-corrected chi connectivity index (χ1v) is 8.64. The SMILES string of the molecule is O=C(O)COc1cccc(-[n+]2cnnn2-c2ccc(S(=O)(=O)O)cc2)c1. The molecular weight excluding hydrogens is 364 g/mol. The van der Waals surface area contributed by atoms with Gasteiger partial charge in [-0.2, -0.15) is 8.42 Å². The van der Waals surface area contributed by atoms with E-state index in [4.69, 9.17) is 14.4 Å². The van der Waals surface area contributed by atoms with Gasteiger partial charge in [-0.25, -0.2) is 4.79 Å². The van der Waals surface area contributed by atoms with Gasteiger partial charge in [0.05, 0.1) is 4.90 Å². The first kappa shape index (κ1) is 17.5. The van der Waals surface area contributed by atoms with Gasteiger partial charge in [0, 0.05) is 6.07 Å². The first-order valence-electron chi connectivity index (χ1n) is 7.20. The molecule has 0 spiro atoms. The van der Waals surface area contributed by atoms with E-state index in [1.807, 2.05) is 0 Å². The molecule has 2 N–H and O–H groups in total. The van der Waals surface area contributed by atoms with Crippen LogP contribution >= 0.6 is 0 Å². The third-order valence-electron chi connectivity index (χ3n) is 3.31. The quantitative estimate of drug-likeness (QED) is 0.461. The van der Waals surface area contributed by atoms with Crippen molar-refractivity contribution in [2.24, 2.45) is 0 Å². The van der Waals surface area contributed by atoms with Gasteiger partial charge in [-0.3, -0.25) is 4.55 Å². The summed E-state index contributed by atoms with van der Waals surface area (Å²) in [6.45, 7) is -0.470. The van der Waals surface area contributed by atoms with Gasteiger partial charge in [-0.1, -0.05) is 6.07 Å². The zero-order valence-corrected chi connectivity index (χ0v) is 13.9. The Morgan fingerprint density at radius 3 is 2.58 bits per heavy atom. The summed E-state index contributed by atoms with van der Waals surface area (Å²) in [4.78, 5) is 11.8. The van der Waals surface area contributed by atoms with Gasteiger partial charge in [0.1, 0.15) is 22.2 Å². The van der Waals surface area contributed by atoms with E-state index in [-0.39, 0.29) is 4.90 Å². The highest BCUT2D eigenvalue weighted by molar-refractivity contribution is 7.85. The number of benzene rings is 2. The summed E-state index contributed by atoms with van der Waals surface area (Å²) in [5.41, 5.74) is 1.09. The number of aromatic nitrogens is 4. The summed E-state index contributed by atoms with van der Waals surface area (Å²) in [7, 11) is -4.29. The van der Waals surface area contributed by atoms with Crippen LogP contribution in [0.15, 0.2) is 59.8 Å². The van der Waals surface area contributed by atoms with Crippen LogP contribution in [0.5, 0.6) is 5.75 Å². The maximum atomic E-state index is 11.1. The Labute approximate surface area is 147 Å². The molecule has 134 valence electrons. The predicted octanol–water partition coefficient (Wildman–Crippen LogP) is 0.254. The van der Waals surface area contributed by atoms with Gasteiger partial charge < -0.3 is 9.84 Å². The zero-order chi connectivity index (χ0) is 18.7. The van der Waals surface area contributed by atoms with E-state index in [1.165, 1.54) is 35.4 Å². The number of tetrazole rings is 1. The average molecular weight is 377 g/mol. The minimum absolute atomic E-state index is 0.239. The van der Waals surface area contributed by atoms with Crippen LogP contribution in [0.4, 0.5) is 0 Å². The fourth-order valence-electron chi connectivity index (χ4n) is 2.18. The van der Waals surface area contributed by atoms with E-state index >= 15 is 0 Å². The number of hydrogen-bond acceptors (Lipinski definition) is 6. The number of ether oxygens (including phenoxy) is 1. The normalized spacial score (nSPS) is 11.3. The second-order valence-corrected chi connectivity index (χ2v) is 6.52. The minimum atomic E-state index is -4.29. The molecule has 0 amide bonds. The van der Waals surface area contributed by atoms with Crippen molar-refractivity contribution in [3.63, 3.8) is 0 Å². The van der Waals surface area contributed by atoms with Crippen molar-refractivity contribution in [3.8, 4) is 17.1 Å². The third kappa shape index (κ3) is 3.84. The molecule has 3 rings (SSSR count). The predicted molar refractivity (Wildman–Crippen MR) is 85.8 cm³/mol. The fraction of sp³-hybridized carbons (Fsp3) is 0.0667. The molecule has 0 aliphatic heterocycles. The Morgan fingerprint density at radius 1 is 1.19 bits per heavy atom. The van der Waals surface area contributed by atoms with Crippen molar-refractivity contribution in [2.45, 2.75) is 4.90 Å². The standard InChI is InChI=1S/C15H12N4O6S/c20-15(21)9-25-13-3-1-2-12(8-13)18-10-16-17-19(18)11-4-6-14(7-5-11)26(22,23)24/h1-8,10H,9H2,(H-,20,21,22,23,24)/p+1. The van der Waals surface area contributed by atoms with Crippen LogP contribution in [0.2, 0.25) is 0 Å². The van der Waals surface area contributed by atoms with Gasteiger partial charge in [0.15, 0.2) is 11.8 Å². The van der Waals surface area contributed by atoms with Gasteiger partial charge in [-0.05, 0) is 41.2 Å². The topological polar surface area (TPSA) is 135 Å². The molecule has 2 aromatic carbocycles. The largest absolute Gasteiger partial charge is 0.482 e. The monoisotopic (exact) mass is 377 g/mol. The van der Waals surface area contributed by atoms with Crippen molar-refractivity contribution >= 4 is 16.1 Å². The van der Waals surface area contributed by atoms with Crippen LogP contribution in [0, 0.1) is 0 Å². The lowest BCUT2D eigenvalue weighted by molar-refractivity contribution is -0.680. The molecule has 10 nitrogen and oxygen atoms in total. The molecule has 0 atom stereocenters. The maximum absolute atomic E-state index is 11.1. The van der Waals surface area contributed by atoms with E-state index in [9.17, 15) is 13.2 Å². The smallest absolute Gasteiger partial charge is 0.341 e. The van der Waals surface area contributed by atoms with E-state index in [0.717, 1.165) is 0 Å². The number of carboxylic acids is 1. The second-order valence-electron chi connectivity index (χ2n) is 5.10. The van der Waals surface area contributed by atoms with Crippen molar-refractivity contribution in [3.05, 3.63) is 54.9 Å². The summed E-state index contributed by atoms with van der Waals surface area (Å²) in [5.74, 6) is -0.736. The molecule has 0 radical (unpaired) electrons. The summed E-state index contributed by atoms with van der Waals surface area (Å²) >= 11 is 0. The highest BCUT2D eigenvalue weighted by Gasteiger charge is 2.17. The zero-order valence-electron chi connectivity index (χ0n) is 13.1. The van der Waals surface area contributed by atoms with Crippen LogP contribution in [-0.4, -0.2) is 45.8 Å². The van der Waals surface area contributed by atoms with Crippen molar-refractivity contribution < 1.29 is 32.3 Å². The number of rotatable bonds is 6. The Hall–Kier alpha value is -3.31. The molecule has 0 aliphatic carbocycles. The Morgan fingerprint density at radius 2 is 1.92 bits per heavy atom. The molecule has 1 aromatic heterocycles. The van der Waals surface area contributed by atoms with E-state index in [1.54, 1.807) is 28.9 Å². The number of hydrogen-bond donors (Lipinski definition) is 2. The van der Waals surface area contributed by atoms with Gasteiger partial charge in [0.2, 0.25) is 0 Å². The Bertz CT molecular complexity index is 1050. The molecule has 26 heavy (non-hydrogen) atoms. The first-order chi connectivity index (χ1) is 12.3. The Balaban J connectivity index is 1.94. The van der Waals surface area contributed by atoms with Gasteiger partial charge in [0.25, 0.3) is 16.4 Å². The summed E-state index contributed by atoms with van der Waals surface area (Å²) in [6.07, 6.45) is 1.42. The van der Waals surface area contributed by atoms with Crippen LogP contribution in [0.25, 0.3) is 11.4 Å². The van der Waals surface area contributed by atoms with Crippen LogP contribution < -0.4 is 9.42 Å². The lowest BCUT2D eigenvalue weighted by Gasteiger charge is -2.06. The molecule has 0 bridgehead atoms. The van der Waals surface area contributed by atoms with Crippen LogP contribution in [0.3, 0.4) is 0 Å². The lowest BCUT2D eigenvalue weighted by Crippen LogP contribution is -2.39. The number of carbonyl (C=O) groups is 1. The summed E-state index contributed by atoms with van der Waals surface area (Å²) in [6, 6.07) is 12.0. The lowest BCUT2D eigenvalue weighted by atomic mass is 10.3. The molecule has 0 aliphatic rings. The van der Waals surface area contributed by atoms with Crippen molar-refractivity contribution in [1.82, 2.24) is 15.1 Å². The third-order valence-corrected chi connectivity index (χ3v) is 4.18. The van der Waals surface area contributed by atoms with E-state index in [2.05, 4.69) is 10.3 Å². The highest BCUT2D eigenvalue weighted by atomic mass is 32.2. The van der Waals surface area contributed by atoms with Crippen LogP contribution in [-0.2, 0) is 14.9 Å². The van der Waals surface area contributed by atoms with Crippen LogP contribution in [0.1, 0.15) is 0 Å². The van der Waals surface area contributed by atoms with Crippen molar-refractivity contribution in [1.29, 1.82) is 0 Å². The molecule has 0 unspecified atom stereocenters. The molecular formula is C15H13N4O6S+. The molecule has 11 heteroatoms. The highest BCUT2D eigenvalue weighted by Crippen LogP contribution is 2.15. The fourth-order valence-corrected chi connectivity index (χ4v) is 2.66. The molecule has 0 saturated carbocycles. The summed E-state index contributed by atoms with van der Waals surface area (Å²) < 4.78 is 38.0. The van der Waals surface area contributed by atoms with E-state index < -0.39 is 22.7 Å². The number of carboxylic acid groups (broad SMARTS) is 1. The molecule has 0 fully saturated rings. The second kappa shape index (κ2) is 6.90. The molecule has 3 aromatic rings. The summed E-state index contributed by atoms with van der Waals surface area (Å²) in [5, 5.41) is 16.5. The van der Waals surface area contributed by atoms with Gasteiger partial charge >= 0.3 is 5.97 Å². The number of nitrogens with zero attached hydrogens (tertiary/aromatic N) is 4. The maximum Gasteiger partial charge on any atom is 0.341 e. The van der Waals surface area contributed by atoms with Crippen molar-refractivity contribution in [2.75, 3.05) is 6.61 Å². The minimum Gasteiger partial charge on any atom is -0.482 e.